The van der Waals surface area contributed by atoms with Crippen molar-refractivity contribution in [2.45, 2.75) is 274 Å². The van der Waals surface area contributed by atoms with Gasteiger partial charge in [0.25, 0.3) is 0 Å². The summed E-state index contributed by atoms with van der Waals surface area (Å²) in [6.07, 6.45) is -72.6. The first kappa shape index (κ1) is 83.7. The fourth-order valence-electron chi connectivity index (χ4n) is 12.4. The van der Waals surface area contributed by atoms with Crippen molar-refractivity contribution in [2.75, 3.05) is 52.9 Å². The Labute approximate surface area is 568 Å². The second-order valence-corrected chi connectivity index (χ2v) is 25.1. The van der Waals surface area contributed by atoms with Gasteiger partial charge in [0.15, 0.2) is 44.0 Å². The molecule has 44 nitrogen and oxygen atoms in total. The van der Waals surface area contributed by atoms with Gasteiger partial charge in [-0.2, -0.15) is 0 Å². The number of aliphatic hydroxyl groups is 22. The summed E-state index contributed by atoms with van der Waals surface area (Å²) in [6.45, 7) is -3.64. The molecular formula is C56H96N4O40. The fraction of sp³-hybridized carbons (Fsp3) is 0.929. The second kappa shape index (κ2) is 37.1. The van der Waals surface area contributed by atoms with Crippen LogP contribution in [0.15, 0.2) is 0 Å². The molecule has 0 aliphatic carbocycles. The van der Waals surface area contributed by atoms with Gasteiger partial charge in [-0.3, -0.25) is 19.2 Å². The lowest BCUT2D eigenvalue weighted by molar-refractivity contribution is -0.405. The molecule has 44 heteroatoms. The maximum Gasteiger partial charge on any atom is 0.217 e. The number of carbonyl (C=O) groups is 4. The molecule has 0 radical (unpaired) electrons. The highest BCUT2D eigenvalue weighted by Crippen LogP contribution is 2.39. The highest BCUT2D eigenvalue weighted by molar-refractivity contribution is 5.74. The summed E-state index contributed by atoms with van der Waals surface area (Å²) in [5.41, 5.74) is 0. The van der Waals surface area contributed by atoms with Crippen LogP contribution in [0, 0.1) is 0 Å². The standard InChI is InChI=1S/C56H96N4O40/c1-14-30(72)39(81)42(84)53(89-14)87-12-20(71)45(31(73)19(6-61)57-15(2)67)96-52-29(60-18(5)70)38(80)46(25(11-66)94-52)97-55-44(86)48(99-56-49(41(83)35(77)24(10-65)93-56)100-51-28(59-17(4)69)37(79)33(75)22(8-63)91-51)47(98-50-27(58-16(3)68)36(78)32(74)21(7-62)90-50)26(95-55)13-88-54-43(85)40(82)34(76)23(9-64)92-54/h14,19-56,61-66,71-86H,6-13H2,1-5H3,(H,57,67)(H,58,68)(H,59,69)(H,60,70)/t14-,19-,20+,21+,22+,23+,24+,25+,26+,27+,28+,29+,30+,31+,32+,33+,34+,35+,36+,37+,38+,39+,40-,41-,42-,43-,44-,45+,46+,47+,48+,49-,50-,51-,52-,53+,54-,55-,56+/m0/s1. The van der Waals surface area contributed by atoms with E-state index in [1.54, 1.807) is 0 Å². The van der Waals surface area contributed by atoms with Gasteiger partial charge >= 0.3 is 0 Å². The lowest BCUT2D eigenvalue weighted by Crippen LogP contribution is -2.71. The van der Waals surface area contributed by atoms with Crippen molar-refractivity contribution in [3.8, 4) is 0 Å². The zero-order chi connectivity index (χ0) is 74.2. The number of amides is 4. The molecule has 7 saturated heterocycles. The molecule has 7 fully saturated rings. The van der Waals surface area contributed by atoms with Crippen molar-refractivity contribution in [3.05, 3.63) is 0 Å². The first-order chi connectivity index (χ1) is 47.2. The summed E-state index contributed by atoms with van der Waals surface area (Å²) in [5, 5.41) is 252. The normalized spacial score (nSPS) is 45.4. The van der Waals surface area contributed by atoms with Gasteiger partial charge in [0.05, 0.1) is 65.0 Å². The number of aliphatic hydroxyl groups excluding tert-OH is 22. The Morgan fingerprint density at radius 3 is 1.25 bits per heavy atom. The number of carbonyl (C=O) groups excluding carboxylic acids is 4. The Morgan fingerprint density at radius 2 is 0.770 bits per heavy atom. The monoisotopic (exact) mass is 1460 g/mol. The predicted molar refractivity (Wildman–Crippen MR) is 312 cm³/mol. The molecule has 0 aromatic carbocycles. The predicted octanol–water partition coefficient (Wildman–Crippen LogP) is -17.2. The Bertz CT molecular complexity index is 2570. The molecule has 7 rings (SSSR count). The van der Waals surface area contributed by atoms with E-state index in [4.69, 9.17) is 66.3 Å². The molecule has 39 atom stereocenters. The molecule has 0 aromatic rings. The molecule has 7 aliphatic rings. The van der Waals surface area contributed by atoms with Crippen LogP contribution in [0.4, 0.5) is 0 Å². The average molecular weight is 1470 g/mol. The summed E-state index contributed by atoms with van der Waals surface area (Å²) >= 11 is 0. The van der Waals surface area contributed by atoms with Crippen LogP contribution < -0.4 is 21.3 Å². The van der Waals surface area contributed by atoms with Crippen LogP contribution in [0.3, 0.4) is 0 Å². The molecule has 7 heterocycles. The SMILES string of the molecule is CC(=O)N[C@H]1[C@H](O[C@@H]([C@H](O)[C@H](CO)NC(C)=O)[C@H](O)CO[C@@H]2O[C@@H](C)[C@@H](O)[C@@H](O)[C@@H]2O)O[C@H](CO)[C@@H](O[C@@H]2O[C@H](CO[C@H]3O[C@H](CO)[C@@H](O)[C@H](O)[C@@H]3O)[C@@H](O[C@@H]3O[C@H](CO)[C@@H](O)[C@H](O)[C@H]3NC(C)=O)[C@H](O[C@H]3O[C@H](CO)[C@@H](O)[C@H](O)[C@@H]3O[C@@H]3O[C@H](CO)[C@@H](O)[C@H](O)[C@H]3NC(C)=O)[C@@H]2O)[C@@H]1O. The molecule has 4 amide bonds. The number of ether oxygens (including phenoxy) is 14. The number of hydrogen-bond donors (Lipinski definition) is 26. The maximum atomic E-state index is 13.1. The maximum absolute atomic E-state index is 13.1. The van der Waals surface area contributed by atoms with Gasteiger partial charge in [-0.25, -0.2) is 0 Å². The van der Waals surface area contributed by atoms with Crippen LogP contribution in [0.1, 0.15) is 34.6 Å². The smallest absolute Gasteiger partial charge is 0.217 e. The summed E-state index contributed by atoms with van der Waals surface area (Å²) in [4.78, 5) is 50.8. The Morgan fingerprint density at radius 1 is 0.370 bits per heavy atom. The highest BCUT2D eigenvalue weighted by atomic mass is 16.8. The number of hydrogen-bond acceptors (Lipinski definition) is 40. The lowest BCUT2D eigenvalue weighted by atomic mass is 9.93. The molecule has 100 heavy (non-hydrogen) atoms. The van der Waals surface area contributed by atoms with E-state index >= 15 is 0 Å². The van der Waals surface area contributed by atoms with E-state index in [2.05, 4.69) is 21.3 Å². The quantitative estimate of drug-likeness (QED) is 0.0331. The molecule has 0 saturated carbocycles. The van der Waals surface area contributed by atoms with Crippen molar-refractivity contribution in [2.24, 2.45) is 0 Å². The second-order valence-electron chi connectivity index (χ2n) is 25.1. The van der Waals surface area contributed by atoms with E-state index in [0.29, 0.717) is 0 Å². The summed E-state index contributed by atoms with van der Waals surface area (Å²) in [6, 6.07) is -7.45. The number of rotatable bonds is 29. The van der Waals surface area contributed by atoms with Gasteiger partial charge in [-0.05, 0) is 6.92 Å². The minimum atomic E-state index is -2.62. The first-order valence-electron chi connectivity index (χ1n) is 31.9. The summed E-state index contributed by atoms with van der Waals surface area (Å²) < 4.78 is 83.8. The third-order valence-electron chi connectivity index (χ3n) is 17.8. The van der Waals surface area contributed by atoms with Crippen LogP contribution in [0.5, 0.6) is 0 Å². The van der Waals surface area contributed by atoms with Gasteiger partial charge in [0.2, 0.25) is 23.6 Å². The van der Waals surface area contributed by atoms with E-state index in [1.807, 2.05) is 0 Å². The molecule has 580 valence electrons. The van der Waals surface area contributed by atoms with E-state index in [0.717, 1.165) is 27.7 Å². The van der Waals surface area contributed by atoms with Crippen LogP contribution in [-0.4, -0.2) is 428 Å². The van der Waals surface area contributed by atoms with Gasteiger partial charge in [0.1, 0.15) is 183 Å². The highest BCUT2D eigenvalue weighted by Gasteiger charge is 2.60. The van der Waals surface area contributed by atoms with E-state index < -0.39 is 316 Å². The van der Waals surface area contributed by atoms with Crippen molar-refractivity contribution >= 4 is 23.6 Å². The van der Waals surface area contributed by atoms with Crippen molar-refractivity contribution < 1.29 is 198 Å². The van der Waals surface area contributed by atoms with Gasteiger partial charge in [-0.15, -0.1) is 0 Å². The van der Waals surface area contributed by atoms with Crippen LogP contribution in [0.25, 0.3) is 0 Å². The van der Waals surface area contributed by atoms with Crippen LogP contribution in [-0.2, 0) is 85.5 Å². The Kier molecular flexibility index (Phi) is 31.1. The van der Waals surface area contributed by atoms with Crippen molar-refractivity contribution in [1.82, 2.24) is 21.3 Å². The van der Waals surface area contributed by atoms with Gasteiger partial charge in [0, 0.05) is 27.7 Å². The third-order valence-corrected chi connectivity index (χ3v) is 17.8. The molecule has 7 aliphatic heterocycles. The average Bonchev–Trinajstić information content (AvgIpc) is 0.761. The number of nitrogens with one attached hydrogen (secondary N) is 4. The van der Waals surface area contributed by atoms with Crippen molar-refractivity contribution in [3.63, 3.8) is 0 Å². The third kappa shape index (κ3) is 19.3. The van der Waals surface area contributed by atoms with Gasteiger partial charge in [-0.1, -0.05) is 0 Å². The van der Waals surface area contributed by atoms with E-state index in [-0.39, 0.29) is 0 Å². The molecule has 26 N–H and O–H groups in total. The first-order valence-corrected chi connectivity index (χ1v) is 31.9. The van der Waals surface area contributed by atoms with Crippen molar-refractivity contribution in [1.29, 1.82) is 0 Å². The van der Waals surface area contributed by atoms with Gasteiger partial charge < -0.3 is 200 Å². The molecule has 0 spiro atoms. The van der Waals surface area contributed by atoms with E-state index in [9.17, 15) is 132 Å². The molecule has 0 aromatic heterocycles. The van der Waals surface area contributed by atoms with E-state index in [1.165, 1.54) is 6.92 Å². The largest absolute Gasteiger partial charge is 0.394 e. The molecule has 0 bridgehead atoms. The molecule has 0 unspecified atom stereocenters. The summed E-state index contributed by atoms with van der Waals surface area (Å²) in [7, 11) is 0. The Balaban J connectivity index is 1.33. The minimum absolute atomic E-state index is 0.843. The van der Waals surface area contributed by atoms with Crippen LogP contribution >= 0.6 is 0 Å². The summed E-state index contributed by atoms with van der Waals surface area (Å²) in [5.74, 6) is -3.64. The molecular weight excluding hydrogens is 1370 g/mol. The topological polar surface area (TPSA) is 691 Å². The van der Waals surface area contributed by atoms with Crippen LogP contribution in [0.2, 0.25) is 0 Å². The minimum Gasteiger partial charge on any atom is -0.394 e. The lowest BCUT2D eigenvalue weighted by Gasteiger charge is -2.52. The Hall–Kier alpha value is -3.56. The zero-order valence-electron chi connectivity index (χ0n) is 54.4. The zero-order valence-corrected chi connectivity index (χ0v) is 54.4. The fourth-order valence-corrected chi connectivity index (χ4v) is 12.4.